The van der Waals surface area contributed by atoms with Crippen LogP contribution in [-0.4, -0.2) is 39.9 Å². The van der Waals surface area contributed by atoms with Crippen LogP contribution in [0.25, 0.3) is 0 Å². The summed E-state index contributed by atoms with van der Waals surface area (Å²) in [5, 5.41) is 28.2. The number of hydrogen-bond donors (Lipinski definition) is 3. The van der Waals surface area contributed by atoms with Gasteiger partial charge in [-0.15, -0.1) is 0 Å². The summed E-state index contributed by atoms with van der Waals surface area (Å²) in [6.45, 7) is 1.80. The van der Waals surface area contributed by atoms with E-state index in [-0.39, 0.29) is 12.5 Å². The highest BCUT2D eigenvalue weighted by Crippen LogP contribution is 2.28. The normalized spacial score (nSPS) is 33.7. The molecule has 0 aromatic carbocycles. The lowest BCUT2D eigenvalue weighted by atomic mass is 9.75. The summed E-state index contributed by atoms with van der Waals surface area (Å²) in [5.74, 6) is -1.30. The summed E-state index contributed by atoms with van der Waals surface area (Å²) in [7, 11) is 0. The average Bonchev–Trinajstić information content (AvgIpc) is 2.36. The first-order valence-electron chi connectivity index (χ1n) is 6.45. The minimum atomic E-state index is -1.36. The number of allylic oxidation sites excluding steroid dienone is 4. The molecule has 3 N–H and O–H groups in total. The first-order valence-corrected chi connectivity index (χ1v) is 6.45. The highest BCUT2D eigenvalue weighted by atomic mass is 16.3. The number of carbonyl (C=O) groups is 1. The van der Waals surface area contributed by atoms with Crippen LogP contribution >= 0.6 is 0 Å². The smallest absolute Gasteiger partial charge is 0.169 e. The highest BCUT2D eigenvalue weighted by Gasteiger charge is 2.40. The predicted octanol–water partition coefficient (Wildman–Crippen LogP) is 0.818. The Labute approximate surface area is 108 Å². The van der Waals surface area contributed by atoms with Gasteiger partial charge >= 0.3 is 0 Å². The number of aliphatic hydroxyl groups is 3. The molecule has 4 nitrogen and oxygen atoms in total. The van der Waals surface area contributed by atoms with E-state index in [0.717, 1.165) is 12.8 Å². The van der Waals surface area contributed by atoms with Crippen molar-refractivity contribution >= 4 is 5.78 Å². The number of carbonyl (C=O) groups excluding carboxylic acids is 1. The first kappa shape index (κ1) is 15.1. The van der Waals surface area contributed by atoms with Crippen molar-refractivity contribution in [1.29, 1.82) is 0 Å². The number of aliphatic hydroxyl groups excluding tert-OH is 3. The number of unbranched alkanes of at least 4 members (excludes halogenated alkanes) is 1. The van der Waals surface area contributed by atoms with E-state index in [0.29, 0.717) is 6.42 Å². The third-order valence-electron chi connectivity index (χ3n) is 3.31. The molecule has 0 unspecified atom stereocenters. The standard InChI is InChI=1S/C14H22O4/c1-2-3-4-5-6-7-10-8-12(16)14(18)13(17)11(10)9-15/h4-7,10-12,14-16,18H,2-3,8-9H2,1H3/b5-4+,7-6+/t10-,11+,12+,14+/m1/s1. The van der Waals surface area contributed by atoms with Crippen molar-refractivity contribution in [2.45, 2.75) is 38.4 Å². The molecule has 0 amide bonds. The number of ketones is 1. The Morgan fingerprint density at radius 1 is 1.33 bits per heavy atom. The Bertz CT molecular complexity index is 322. The first-order chi connectivity index (χ1) is 8.61. The largest absolute Gasteiger partial charge is 0.396 e. The van der Waals surface area contributed by atoms with Gasteiger partial charge in [0.25, 0.3) is 0 Å². The molecular formula is C14H22O4. The molecular weight excluding hydrogens is 232 g/mol. The molecule has 0 heterocycles. The van der Waals surface area contributed by atoms with Crippen LogP contribution in [0.1, 0.15) is 26.2 Å². The van der Waals surface area contributed by atoms with Crippen molar-refractivity contribution in [3.05, 3.63) is 24.3 Å². The lowest BCUT2D eigenvalue weighted by Gasteiger charge is -2.33. The Morgan fingerprint density at radius 3 is 2.67 bits per heavy atom. The van der Waals surface area contributed by atoms with Crippen molar-refractivity contribution < 1.29 is 20.1 Å². The van der Waals surface area contributed by atoms with Crippen LogP contribution in [0.2, 0.25) is 0 Å². The second kappa shape index (κ2) is 7.46. The maximum Gasteiger partial charge on any atom is 0.169 e. The molecule has 18 heavy (non-hydrogen) atoms. The second-order valence-electron chi connectivity index (χ2n) is 4.70. The monoisotopic (exact) mass is 254 g/mol. The van der Waals surface area contributed by atoms with Crippen LogP contribution in [0.4, 0.5) is 0 Å². The molecule has 0 bridgehead atoms. The van der Waals surface area contributed by atoms with Gasteiger partial charge in [0.1, 0.15) is 6.10 Å². The van der Waals surface area contributed by atoms with Crippen molar-refractivity contribution in [2.75, 3.05) is 6.61 Å². The Kier molecular flexibility index (Phi) is 6.25. The zero-order valence-corrected chi connectivity index (χ0v) is 10.7. The minimum absolute atomic E-state index is 0.216. The fourth-order valence-electron chi connectivity index (χ4n) is 2.18. The Balaban J connectivity index is 2.65. The number of rotatable bonds is 5. The molecule has 1 rings (SSSR count). The minimum Gasteiger partial charge on any atom is -0.396 e. The van der Waals surface area contributed by atoms with E-state index in [2.05, 4.69) is 6.92 Å². The molecule has 1 aliphatic carbocycles. The van der Waals surface area contributed by atoms with E-state index in [1.54, 1.807) is 0 Å². The molecule has 0 spiro atoms. The quantitative estimate of drug-likeness (QED) is 0.635. The molecule has 1 saturated carbocycles. The summed E-state index contributed by atoms with van der Waals surface area (Å²) >= 11 is 0. The molecule has 0 saturated heterocycles. The maximum atomic E-state index is 11.7. The number of hydrogen-bond acceptors (Lipinski definition) is 4. The van der Waals surface area contributed by atoms with E-state index in [1.807, 2.05) is 24.3 Å². The van der Waals surface area contributed by atoms with Gasteiger partial charge in [-0.3, -0.25) is 4.79 Å². The van der Waals surface area contributed by atoms with E-state index in [1.165, 1.54) is 0 Å². The molecule has 0 radical (unpaired) electrons. The van der Waals surface area contributed by atoms with Gasteiger partial charge in [-0.1, -0.05) is 37.6 Å². The fourth-order valence-corrected chi connectivity index (χ4v) is 2.18. The highest BCUT2D eigenvalue weighted by molar-refractivity contribution is 5.87. The van der Waals surface area contributed by atoms with Gasteiger partial charge in [-0.05, 0) is 18.8 Å². The molecule has 1 fully saturated rings. The third kappa shape index (κ3) is 3.77. The second-order valence-corrected chi connectivity index (χ2v) is 4.70. The van der Waals surface area contributed by atoms with E-state index in [9.17, 15) is 20.1 Å². The van der Waals surface area contributed by atoms with Gasteiger partial charge in [0, 0.05) is 5.92 Å². The zero-order chi connectivity index (χ0) is 13.5. The Morgan fingerprint density at radius 2 is 2.06 bits per heavy atom. The predicted molar refractivity (Wildman–Crippen MR) is 68.9 cm³/mol. The summed E-state index contributed by atoms with van der Waals surface area (Å²) in [5.41, 5.74) is 0. The van der Waals surface area contributed by atoms with Crippen molar-refractivity contribution in [3.63, 3.8) is 0 Å². The van der Waals surface area contributed by atoms with Crippen LogP contribution in [0.3, 0.4) is 0 Å². The third-order valence-corrected chi connectivity index (χ3v) is 3.31. The van der Waals surface area contributed by atoms with E-state index in [4.69, 9.17) is 0 Å². The molecule has 1 aliphatic rings. The van der Waals surface area contributed by atoms with Gasteiger partial charge in [-0.2, -0.15) is 0 Å². The maximum absolute atomic E-state index is 11.7. The molecule has 0 aromatic rings. The van der Waals surface area contributed by atoms with Gasteiger partial charge in [0.15, 0.2) is 5.78 Å². The SMILES string of the molecule is CCC/C=C/C=C/[C@@H]1C[C@H](O)[C@H](O)C(=O)[C@H]1CO. The van der Waals surface area contributed by atoms with Gasteiger partial charge in [0.05, 0.1) is 12.7 Å². The van der Waals surface area contributed by atoms with Crippen LogP contribution < -0.4 is 0 Å². The average molecular weight is 254 g/mol. The Hall–Kier alpha value is -0.970. The van der Waals surface area contributed by atoms with E-state index < -0.39 is 23.9 Å². The lowest BCUT2D eigenvalue weighted by Crippen LogP contribution is -2.48. The van der Waals surface area contributed by atoms with Crippen molar-refractivity contribution in [1.82, 2.24) is 0 Å². The van der Waals surface area contributed by atoms with Crippen LogP contribution in [-0.2, 0) is 4.79 Å². The molecule has 0 aliphatic heterocycles. The summed E-state index contributed by atoms with van der Waals surface area (Å²) in [6.07, 6.45) is 7.57. The van der Waals surface area contributed by atoms with Crippen molar-refractivity contribution in [2.24, 2.45) is 11.8 Å². The lowest BCUT2D eigenvalue weighted by molar-refractivity contribution is -0.146. The van der Waals surface area contributed by atoms with Crippen LogP contribution in [0, 0.1) is 11.8 Å². The topological polar surface area (TPSA) is 77.8 Å². The van der Waals surface area contributed by atoms with Crippen LogP contribution in [0.15, 0.2) is 24.3 Å². The molecule has 0 aromatic heterocycles. The van der Waals surface area contributed by atoms with Gasteiger partial charge < -0.3 is 15.3 Å². The van der Waals surface area contributed by atoms with E-state index >= 15 is 0 Å². The van der Waals surface area contributed by atoms with Gasteiger partial charge in [0.2, 0.25) is 0 Å². The molecule has 102 valence electrons. The molecule has 4 heteroatoms. The fraction of sp³-hybridized carbons (Fsp3) is 0.643. The van der Waals surface area contributed by atoms with Crippen LogP contribution in [0.5, 0.6) is 0 Å². The van der Waals surface area contributed by atoms with Gasteiger partial charge in [-0.25, -0.2) is 0 Å². The molecule has 4 atom stereocenters. The summed E-state index contributed by atoms with van der Waals surface area (Å²) in [4.78, 5) is 11.7. The summed E-state index contributed by atoms with van der Waals surface area (Å²) in [6, 6.07) is 0. The number of Topliss-reactive ketones (excluding diaryl/α,β-unsaturated/α-hetero) is 1. The van der Waals surface area contributed by atoms with Crippen molar-refractivity contribution in [3.8, 4) is 0 Å². The summed E-state index contributed by atoms with van der Waals surface area (Å²) < 4.78 is 0. The zero-order valence-electron chi connectivity index (χ0n) is 10.7.